The predicted molar refractivity (Wildman–Crippen MR) is 110 cm³/mol. The maximum Gasteiger partial charge on any atom is 0.203 e. The van der Waals surface area contributed by atoms with E-state index in [0.717, 1.165) is 35.0 Å². The molecule has 0 saturated heterocycles. The van der Waals surface area contributed by atoms with Crippen LogP contribution in [0.25, 0.3) is 10.4 Å². The van der Waals surface area contributed by atoms with Gasteiger partial charge in [0.1, 0.15) is 5.01 Å². The number of hydrogen-bond donors (Lipinski definition) is 1. The fraction of sp³-hybridized carbons (Fsp3) is 0.476. The average molecular weight is 389 g/mol. The van der Waals surface area contributed by atoms with Gasteiger partial charge in [0.2, 0.25) is 5.75 Å². The monoisotopic (exact) mass is 388 g/mol. The molecule has 2 aromatic rings. The molecule has 0 fully saturated rings. The topological polar surface area (TPSA) is 52.6 Å². The van der Waals surface area contributed by atoms with Crippen LogP contribution in [-0.2, 0) is 6.54 Å². The van der Waals surface area contributed by atoms with Crippen LogP contribution in [0.4, 0.5) is 0 Å². The number of nitrogens with zero attached hydrogens (tertiary/aromatic N) is 1. The molecule has 0 radical (unpaired) electrons. The normalized spacial score (nSPS) is 14.0. The maximum atomic E-state index is 5.59. The van der Waals surface area contributed by atoms with E-state index in [0.29, 0.717) is 17.2 Å². The number of rotatable bonds is 9. The Hall–Kier alpha value is -2.05. The van der Waals surface area contributed by atoms with E-state index in [1.54, 1.807) is 38.2 Å². The summed E-state index contributed by atoms with van der Waals surface area (Å²) in [5.41, 5.74) is 2.56. The van der Waals surface area contributed by atoms with E-state index in [2.05, 4.69) is 16.4 Å². The molecule has 146 valence electrons. The van der Waals surface area contributed by atoms with Gasteiger partial charge in [-0.25, -0.2) is 4.98 Å². The third-order valence-electron chi connectivity index (χ3n) is 4.81. The van der Waals surface area contributed by atoms with Crippen molar-refractivity contribution in [2.24, 2.45) is 0 Å². The summed E-state index contributed by atoms with van der Waals surface area (Å²) in [4.78, 5) is 5.62. The van der Waals surface area contributed by atoms with Gasteiger partial charge in [0.25, 0.3) is 0 Å². The highest BCUT2D eigenvalue weighted by Crippen LogP contribution is 2.45. The van der Waals surface area contributed by atoms with E-state index in [-0.39, 0.29) is 0 Å². The van der Waals surface area contributed by atoms with Crippen LogP contribution < -0.4 is 19.5 Å². The van der Waals surface area contributed by atoms with Crippen LogP contribution in [0.15, 0.2) is 30.0 Å². The molecule has 0 saturated carbocycles. The molecule has 1 aliphatic carbocycles. The zero-order chi connectivity index (χ0) is 19.1. The van der Waals surface area contributed by atoms with Crippen LogP contribution in [0, 0.1) is 0 Å². The third-order valence-corrected chi connectivity index (χ3v) is 5.84. The van der Waals surface area contributed by atoms with E-state index < -0.39 is 0 Å². The molecule has 1 aliphatic rings. The zero-order valence-electron chi connectivity index (χ0n) is 16.3. The molecule has 0 atom stereocenters. The molecular formula is C21H28N2O3S. The lowest BCUT2D eigenvalue weighted by molar-refractivity contribution is 0.325. The summed E-state index contributed by atoms with van der Waals surface area (Å²) in [6.07, 6.45) is 10.7. The standard InChI is InChI=1S/C21H28N2O3S/c1-24-17-10-9-16(20(25-2)21(17)26-3)18-13-23-19(27-18)14-22-12-11-15-7-5-4-6-8-15/h7,9-10,13,22H,4-6,8,11-12,14H2,1-3H3. The highest BCUT2D eigenvalue weighted by Gasteiger charge is 2.18. The summed E-state index contributed by atoms with van der Waals surface area (Å²) in [6.45, 7) is 1.79. The number of aromatic nitrogens is 1. The Labute approximate surface area is 165 Å². The summed E-state index contributed by atoms with van der Waals surface area (Å²) >= 11 is 1.67. The van der Waals surface area contributed by atoms with Crippen molar-refractivity contribution in [1.29, 1.82) is 0 Å². The van der Waals surface area contributed by atoms with E-state index >= 15 is 0 Å². The molecule has 6 heteroatoms. The van der Waals surface area contributed by atoms with Gasteiger partial charge >= 0.3 is 0 Å². The first kappa shape index (κ1) is 19.7. The van der Waals surface area contributed by atoms with Crippen LogP contribution in [0.5, 0.6) is 17.2 Å². The number of thiazole rings is 1. The summed E-state index contributed by atoms with van der Waals surface area (Å²) < 4.78 is 16.4. The minimum absolute atomic E-state index is 0.603. The van der Waals surface area contributed by atoms with Crippen LogP contribution >= 0.6 is 11.3 Å². The van der Waals surface area contributed by atoms with E-state index in [9.17, 15) is 0 Å². The van der Waals surface area contributed by atoms with Crippen molar-refractivity contribution >= 4 is 11.3 Å². The highest BCUT2D eigenvalue weighted by atomic mass is 32.1. The van der Waals surface area contributed by atoms with Gasteiger partial charge in [-0.3, -0.25) is 0 Å². The fourth-order valence-electron chi connectivity index (χ4n) is 3.39. The molecule has 0 aliphatic heterocycles. The molecule has 0 unspecified atom stereocenters. The van der Waals surface area contributed by atoms with E-state index in [4.69, 9.17) is 14.2 Å². The molecule has 3 rings (SSSR count). The largest absolute Gasteiger partial charge is 0.493 e. The predicted octanol–water partition coefficient (Wildman–Crippen LogP) is 4.82. The van der Waals surface area contributed by atoms with Gasteiger partial charge < -0.3 is 19.5 Å². The lowest BCUT2D eigenvalue weighted by atomic mass is 9.97. The summed E-state index contributed by atoms with van der Waals surface area (Å²) in [5, 5.41) is 4.58. The minimum atomic E-state index is 0.603. The van der Waals surface area contributed by atoms with Crippen molar-refractivity contribution in [2.45, 2.75) is 38.6 Å². The van der Waals surface area contributed by atoms with Gasteiger partial charge in [0, 0.05) is 18.3 Å². The minimum Gasteiger partial charge on any atom is -0.493 e. The number of nitrogens with one attached hydrogen (secondary N) is 1. The Morgan fingerprint density at radius 2 is 1.93 bits per heavy atom. The van der Waals surface area contributed by atoms with Crippen molar-refractivity contribution < 1.29 is 14.2 Å². The smallest absolute Gasteiger partial charge is 0.203 e. The van der Waals surface area contributed by atoms with Crippen molar-refractivity contribution in [1.82, 2.24) is 10.3 Å². The Kier molecular flexibility index (Phi) is 7.12. The molecule has 1 aromatic heterocycles. The summed E-state index contributed by atoms with van der Waals surface area (Å²) in [6, 6.07) is 3.88. The van der Waals surface area contributed by atoms with Gasteiger partial charge in [0.05, 0.1) is 26.2 Å². The summed E-state index contributed by atoms with van der Waals surface area (Å²) in [7, 11) is 4.88. The Balaban J connectivity index is 1.64. The number of hydrogen-bond acceptors (Lipinski definition) is 6. The number of methoxy groups -OCH3 is 3. The van der Waals surface area contributed by atoms with Crippen molar-refractivity contribution in [2.75, 3.05) is 27.9 Å². The maximum absolute atomic E-state index is 5.59. The molecule has 1 N–H and O–H groups in total. The Bertz CT molecular complexity index is 786. The highest BCUT2D eigenvalue weighted by molar-refractivity contribution is 7.15. The SMILES string of the molecule is COc1ccc(-c2cnc(CNCCC3=CCCCC3)s2)c(OC)c1OC. The van der Waals surface area contributed by atoms with Gasteiger partial charge in [-0.05, 0) is 50.8 Å². The molecular weight excluding hydrogens is 360 g/mol. The average Bonchev–Trinajstić information content (AvgIpc) is 3.19. The van der Waals surface area contributed by atoms with Gasteiger partial charge in [-0.1, -0.05) is 11.6 Å². The fourth-order valence-corrected chi connectivity index (χ4v) is 4.30. The second kappa shape index (κ2) is 9.76. The van der Waals surface area contributed by atoms with Crippen molar-refractivity contribution in [3.8, 4) is 27.7 Å². The lowest BCUT2D eigenvalue weighted by Crippen LogP contribution is -2.15. The van der Waals surface area contributed by atoms with Crippen LogP contribution in [0.1, 0.15) is 37.1 Å². The van der Waals surface area contributed by atoms with Gasteiger partial charge in [-0.15, -0.1) is 11.3 Å². The molecule has 5 nitrogen and oxygen atoms in total. The molecule has 0 amide bonds. The van der Waals surface area contributed by atoms with Crippen LogP contribution in [0.2, 0.25) is 0 Å². The quantitative estimate of drug-likeness (QED) is 0.493. The van der Waals surface area contributed by atoms with Crippen LogP contribution in [0.3, 0.4) is 0 Å². The Morgan fingerprint density at radius 1 is 1.07 bits per heavy atom. The third kappa shape index (κ3) is 4.82. The van der Waals surface area contributed by atoms with Crippen molar-refractivity contribution in [3.63, 3.8) is 0 Å². The number of benzene rings is 1. The second-order valence-corrected chi connectivity index (χ2v) is 7.65. The first-order valence-electron chi connectivity index (χ1n) is 9.39. The van der Waals surface area contributed by atoms with Gasteiger partial charge in [-0.2, -0.15) is 0 Å². The molecule has 0 spiro atoms. The second-order valence-electron chi connectivity index (χ2n) is 6.54. The lowest BCUT2D eigenvalue weighted by Gasteiger charge is -2.14. The number of ether oxygens (including phenoxy) is 3. The molecule has 27 heavy (non-hydrogen) atoms. The first-order chi connectivity index (χ1) is 13.3. The Morgan fingerprint density at radius 3 is 2.63 bits per heavy atom. The molecule has 0 bridgehead atoms. The van der Waals surface area contributed by atoms with E-state index in [1.165, 1.54) is 25.7 Å². The zero-order valence-corrected chi connectivity index (χ0v) is 17.2. The van der Waals surface area contributed by atoms with Crippen molar-refractivity contribution in [3.05, 3.63) is 35.0 Å². The first-order valence-corrected chi connectivity index (χ1v) is 10.2. The van der Waals surface area contributed by atoms with Gasteiger partial charge in [0.15, 0.2) is 11.5 Å². The number of allylic oxidation sites excluding steroid dienone is 1. The molecule has 1 aromatic carbocycles. The summed E-state index contributed by atoms with van der Waals surface area (Å²) in [5.74, 6) is 1.93. The molecule has 1 heterocycles. The van der Waals surface area contributed by atoms with Crippen LogP contribution in [-0.4, -0.2) is 32.9 Å². The van der Waals surface area contributed by atoms with E-state index in [1.807, 2.05) is 18.3 Å².